The molecule has 1 amide bonds. The minimum absolute atomic E-state index is 0.118. The fraction of sp³-hybridized carbons (Fsp3) is 0.263. The predicted octanol–water partition coefficient (Wildman–Crippen LogP) is 3.66. The third-order valence-electron chi connectivity index (χ3n) is 4.53. The number of benzene rings is 2. The summed E-state index contributed by atoms with van der Waals surface area (Å²) in [6.45, 7) is 3.43. The van der Waals surface area contributed by atoms with Crippen molar-refractivity contribution in [2.45, 2.75) is 17.9 Å². The van der Waals surface area contributed by atoms with Crippen molar-refractivity contribution in [3.63, 3.8) is 0 Å². The van der Waals surface area contributed by atoms with E-state index < -0.39 is 0 Å². The summed E-state index contributed by atoms with van der Waals surface area (Å²) < 4.78 is 15.1. The van der Waals surface area contributed by atoms with Crippen LogP contribution in [-0.4, -0.2) is 39.2 Å². The van der Waals surface area contributed by atoms with Crippen LogP contribution in [0.5, 0.6) is 0 Å². The van der Waals surface area contributed by atoms with Crippen molar-refractivity contribution >= 4 is 28.7 Å². The number of imidazole rings is 1. The highest BCUT2D eigenvalue weighted by molar-refractivity contribution is 8.00. The number of hydrogen-bond donors (Lipinski definition) is 0. The van der Waals surface area contributed by atoms with Crippen molar-refractivity contribution in [3.8, 4) is 0 Å². The summed E-state index contributed by atoms with van der Waals surface area (Å²) in [6, 6.07) is 14.6. The molecule has 0 N–H and O–H groups in total. The molecular weight excluding hydrogens is 337 g/mol. The van der Waals surface area contributed by atoms with E-state index in [9.17, 15) is 9.18 Å². The Morgan fingerprint density at radius 2 is 1.92 bits per heavy atom. The second kappa shape index (κ2) is 6.52. The van der Waals surface area contributed by atoms with Gasteiger partial charge in [0.2, 0.25) is 5.91 Å². The molecule has 0 spiro atoms. The summed E-state index contributed by atoms with van der Waals surface area (Å²) in [6.07, 6.45) is 0. The number of hydrogen-bond acceptors (Lipinski definition) is 3. The lowest BCUT2D eigenvalue weighted by atomic mass is 10.1. The first-order valence-electron chi connectivity index (χ1n) is 8.21. The van der Waals surface area contributed by atoms with Crippen molar-refractivity contribution in [1.29, 1.82) is 0 Å². The molecule has 6 heteroatoms. The number of likely N-dealkylation sites (tertiary alicyclic amines) is 1. The first-order chi connectivity index (χ1) is 12.1. The van der Waals surface area contributed by atoms with Crippen LogP contribution < -0.4 is 0 Å². The van der Waals surface area contributed by atoms with Gasteiger partial charge in [0.1, 0.15) is 11.6 Å². The zero-order valence-electron chi connectivity index (χ0n) is 13.9. The normalized spacial score (nSPS) is 14.7. The van der Waals surface area contributed by atoms with Crippen LogP contribution in [0.25, 0.3) is 11.0 Å². The van der Waals surface area contributed by atoms with Crippen LogP contribution in [0.4, 0.5) is 4.39 Å². The standard InChI is InChI=1S/C19H18FN3OS/c1-13-21-17-4-2-3-5-18(17)23(13)15-10-22(11-15)19(24)12-25-16-8-6-14(20)7-9-16/h2-9,15H,10-12H2,1H3. The minimum atomic E-state index is -0.260. The van der Waals surface area contributed by atoms with Crippen LogP contribution in [0.15, 0.2) is 53.4 Å². The van der Waals surface area contributed by atoms with Gasteiger partial charge in [-0.1, -0.05) is 12.1 Å². The van der Waals surface area contributed by atoms with Gasteiger partial charge in [0.15, 0.2) is 0 Å². The Morgan fingerprint density at radius 3 is 2.68 bits per heavy atom. The molecule has 0 saturated carbocycles. The number of aromatic nitrogens is 2. The topological polar surface area (TPSA) is 38.1 Å². The van der Waals surface area contributed by atoms with E-state index in [0.29, 0.717) is 18.8 Å². The largest absolute Gasteiger partial charge is 0.338 e. The van der Waals surface area contributed by atoms with Crippen LogP contribution in [0.1, 0.15) is 11.9 Å². The van der Waals surface area contributed by atoms with Gasteiger partial charge < -0.3 is 9.47 Å². The average molecular weight is 355 g/mol. The summed E-state index contributed by atoms with van der Waals surface area (Å²) in [5.74, 6) is 1.22. The molecule has 1 saturated heterocycles. The predicted molar refractivity (Wildman–Crippen MR) is 97.2 cm³/mol. The molecule has 4 nitrogen and oxygen atoms in total. The molecule has 128 valence electrons. The van der Waals surface area contributed by atoms with E-state index in [1.54, 1.807) is 12.1 Å². The lowest BCUT2D eigenvalue weighted by molar-refractivity contribution is -0.133. The van der Waals surface area contributed by atoms with Crippen LogP contribution in [-0.2, 0) is 4.79 Å². The quantitative estimate of drug-likeness (QED) is 0.671. The molecule has 0 aliphatic carbocycles. The first-order valence-corrected chi connectivity index (χ1v) is 9.20. The van der Waals surface area contributed by atoms with Crippen LogP contribution >= 0.6 is 11.8 Å². The third kappa shape index (κ3) is 3.14. The number of nitrogens with zero attached hydrogens (tertiary/aromatic N) is 3. The minimum Gasteiger partial charge on any atom is -0.338 e. The summed E-state index contributed by atoms with van der Waals surface area (Å²) >= 11 is 1.44. The number of para-hydroxylation sites is 2. The fourth-order valence-electron chi connectivity index (χ4n) is 3.22. The molecule has 0 unspecified atom stereocenters. The number of halogens is 1. The average Bonchev–Trinajstić information content (AvgIpc) is 2.89. The lowest BCUT2D eigenvalue weighted by Crippen LogP contribution is -2.51. The number of carbonyl (C=O) groups is 1. The van der Waals surface area contributed by atoms with E-state index in [1.807, 2.05) is 30.0 Å². The van der Waals surface area contributed by atoms with E-state index in [-0.39, 0.29) is 17.8 Å². The van der Waals surface area contributed by atoms with Crippen molar-refractivity contribution in [3.05, 3.63) is 60.2 Å². The van der Waals surface area contributed by atoms with Gasteiger partial charge in [-0.25, -0.2) is 9.37 Å². The fourth-order valence-corrected chi connectivity index (χ4v) is 4.02. The van der Waals surface area contributed by atoms with Gasteiger partial charge in [0.05, 0.1) is 22.8 Å². The Bertz CT molecular complexity index is 916. The molecule has 2 aromatic carbocycles. The number of fused-ring (bicyclic) bond motifs is 1. The van der Waals surface area contributed by atoms with E-state index in [1.165, 1.54) is 23.9 Å². The Kier molecular flexibility index (Phi) is 4.21. The van der Waals surface area contributed by atoms with Crippen LogP contribution in [0.2, 0.25) is 0 Å². The Hall–Kier alpha value is -2.34. The van der Waals surface area contributed by atoms with Gasteiger partial charge >= 0.3 is 0 Å². The molecule has 0 bridgehead atoms. The molecule has 25 heavy (non-hydrogen) atoms. The smallest absolute Gasteiger partial charge is 0.233 e. The Morgan fingerprint density at radius 1 is 1.20 bits per heavy atom. The summed E-state index contributed by atoms with van der Waals surface area (Å²) in [4.78, 5) is 19.7. The number of thioether (sulfide) groups is 1. The molecule has 3 aromatic rings. The SMILES string of the molecule is Cc1nc2ccccc2n1C1CN(C(=O)CSc2ccc(F)cc2)C1. The summed E-state index contributed by atoms with van der Waals surface area (Å²) in [5, 5.41) is 0. The van der Waals surface area contributed by atoms with Gasteiger partial charge in [-0.3, -0.25) is 4.79 Å². The second-order valence-electron chi connectivity index (χ2n) is 6.21. The van der Waals surface area contributed by atoms with E-state index in [0.717, 1.165) is 21.8 Å². The molecular formula is C19H18FN3OS. The molecule has 0 atom stereocenters. The van der Waals surface area contributed by atoms with E-state index >= 15 is 0 Å². The van der Waals surface area contributed by atoms with Crippen molar-refractivity contribution in [2.75, 3.05) is 18.8 Å². The molecule has 0 radical (unpaired) electrons. The van der Waals surface area contributed by atoms with Gasteiger partial charge in [0, 0.05) is 18.0 Å². The monoisotopic (exact) mass is 355 g/mol. The zero-order valence-corrected chi connectivity index (χ0v) is 14.7. The van der Waals surface area contributed by atoms with E-state index in [4.69, 9.17) is 0 Å². The number of rotatable bonds is 4. The molecule has 1 fully saturated rings. The maximum Gasteiger partial charge on any atom is 0.233 e. The lowest BCUT2D eigenvalue weighted by Gasteiger charge is -2.40. The van der Waals surface area contributed by atoms with Crippen LogP contribution in [0, 0.1) is 12.7 Å². The molecule has 1 aromatic heterocycles. The summed E-state index contributed by atoms with van der Waals surface area (Å²) in [5.41, 5.74) is 2.12. The van der Waals surface area contributed by atoms with Crippen molar-refractivity contribution in [1.82, 2.24) is 14.5 Å². The highest BCUT2D eigenvalue weighted by atomic mass is 32.2. The number of aryl methyl sites for hydroxylation is 1. The third-order valence-corrected chi connectivity index (χ3v) is 5.53. The van der Waals surface area contributed by atoms with Gasteiger partial charge in [-0.05, 0) is 43.3 Å². The maximum atomic E-state index is 12.9. The number of amides is 1. The van der Waals surface area contributed by atoms with Gasteiger partial charge in [-0.15, -0.1) is 11.8 Å². The van der Waals surface area contributed by atoms with Gasteiger partial charge in [0.25, 0.3) is 0 Å². The number of carbonyl (C=O) groups excluding carboxylic acids is 1. The highest BCUT2D eigenvalue weighted by Crippen LogP contribution is 2.29. The van der Waals surface area contributed by atoms with Gasteiger partial charge in [-0.2, -0.15) is 0 Å². The molecule has 1 aliphatic heterocycles. The maximum absolute atomic E-state index is 12.9. The highest BCUT2D eigenvalue weighted by Gasteiger charge is 2.33. The second-order valence-corrected chi connectivity index (χ2v) is 7.26. The Labute approximate surface area is 149 Å². The summed E-state index contributed by atoms with van der Waals surface area (Å²) in [7, 11) is 0. The Balaban J connectivity index is 1.37. The molecule has 1 aliphatic rings. The van der Waals surface area contributed by atoms with E-state index in [2.05, 4.69) is 15.6 Å². The first kappa shape index (κ1) is 16.1. The van der Waals surface area contributed by atoms with Crippen molar-refractivity contribution in [2.24, 2.45) is 0 Å². The van der Waals surface area contributed by atoms with Crippen molar-refractivity contribution < 1.29 is 9.18 Å². The zero-order chi connectivity index (χ0) is 17.4. The molecule has 4 rings (SSSR count). The molecule has 2 heterocycles. The van der Waals surface area contributed by atoms with Crippen LogP contribution in [0.3, 0.4) is 0 Å².